The van der Waals surface area contributed by atoms with Crippen LogP contribution in [0.4, 0.5) is 6.01 Å². The zero-order valence-electron chi connectivity index (χ0n) is 15.9. The third-order valence-corrected chi connectivity index (χ3v) is 5.48. The molecule has 1 aliphatic heterocycles. The first-order chi connectivity index (χ1) is 14.3. The Hall–Kier alpha value is -3.48. The predicted molar refractivity (Wildman–Crippen MR) is 111 cm³/mol. The zero-order chi connectivity index (χ0) is 19.6. The summed E-state index contributed by atoms with van der Waals surface area (Å²) in [6, 6.07) is 13.8. The van der Waals surface area contributed by atoms with Crippen molar-refractivity contribution in [3.63, 3.8) is 0 Å². The second kappa shape index (κ2) is 7.50. The topological polar surface area (TPSA) is 77.1 Å². The minimum absolute atomic E-state index is 0.0202. The summed E-state index contributed by atoms with van der Waals surface area (Å²) in [6.45, 7) is 2.42. The van der Waals surface area contributed by atoms with Gasteiger partial charge in [0, 0.05) is 43.7 Å². The molecule has 0 atom stereocenters. The maximum absolute atomic E-state index is 12.5. The van der Waals surface area contributed by atoms with Gasteiger partial charge in [-0.15, -0.1) is 0 Å². The monoisotopic (exact) mass is 387 g/mol. The Morgan fingerprint density at radius 2 is 1.86 bits per heavy atom. The molecule has 1 fully saturated rings. The molecule has 0 aliphatic carbocycles. The summed E-state index contributed by atoms with van der Waals surface area (Å²) >= 11 is 0. The van der Waals surface area contributed by atoms with Gasteiger partial charge in [-0.3, -0.25) is 14.3 Å². The van der Waals surface area contributed by atoms with Crippen LogP contribution in [-0.4, -0.2) is 32.6 Å². The van der Waals surface area contributed by atoms with Crippen molar-refractivity contribution >= 4 is 17.1 Å². The van der Waals surface area contributed by atoms with E-state index in [-0.39, 0.29) is 5.56 Å². The van der Waals surface area contributed by atoms with Crippen molar-refractivity contribution in [1.29, 1.82) is 0 Å². The maximum Gasteiger partial charge on any atom is 0.298 e. The van der Waals surface area contributed by atoms with Crippen molar-refractivity contribution < 1.29 is 4.42 Å². The molecule has 5 rings (SSSR count). The lowest BCUT2D eigenvalue weighted by atomic mass is 9.97. The first-order valence-electron chi connectivity index (χ1n) is 9.84. The van der Waals surface area contributed by atoms with Crippen LogP contribution in [0.5, 0.6) is 0 Å². The Morgan fingerprint density at radius 1 is 1.07 bits per heavy atom. The molecule has 0 amide bonds. The average Bonchev–Trinajstić information content (AvgIpc) is 3.20. The minimum atomic E-state index is -0.0202. The van der Waals surface area contributed by atoms with E-state index in [0.29, 0.717) is 24.2 Å². The Kier molecular flexibility index (Phi) is 4.56. The Morgan fingerprint density at radius 3 is 2.62 bits per heavy atom. The van der Waals surface area contributed by atoms with Crippen molar-refractivity contribution in [1.82, 2.24) is 19.5 Å². The summed E-state index contributed by atoms with van der Waals surface area (Å²) in [5.41, 5.74) is 3.26. The van der Waals surface area contributed by atoms with Crippen LogP contribution in [0.25, 0.3) is 22.4 Å². The number of piperidine rings is 1. The third-order valence-electron chi connectivity index (χ3n) is 5.48. The average molecular weight is 387 g/mol. The molecule has 1 saturated heterocycles. The molecule has 7 nitrogen and oxygen atoms in total. The van der Waals surface area contributed by atoms with E-state index in [2.05, 4.69) is 19.9 Å². The molecular formula is C22H21N5O2. The lowest BCUT2D eigenvalue weighted by molar-refractivity contribution is 0.342. The molecule has 4 heterocycles. The van der Waals surface area contributed by atoms with Crippen LogP contribution in [0.2, 0.25) is 0 Å². The van der Waals surface area contributed by atoms with Gasteiger partial charge in [0.15, 0.2) is 5.58 Å². The highest BCUT2D eigenvalue weighted by atomic mass is 16.4. The lowest BCUT2D eigenvalue weighted by Crippen LogP contribution is -2.36. The van der Waals surface area contributed by atoms with E-state index in [1.54, 1.807) is 29.4 Å². The van der Waals surface area contributed by atoms with E-state index in [4.69, 9.17) is 4.42 Å². The molecule has 0 bridgehead atoms. The molecule has 29 heavy (non-hydrogen) atoms. The smallest absolute Gasteiger partial charge is 0.298 e. The predicted octanol–water partition coefficient (Wildman–Crippen LogP) is 3.36. The number of para-hydroxylation sites is 2. The number of pyridine rings is 1. The van der Waals surface area contributed by atoms with Crippen LogP contribution in [0.3, 0.4) is 0 Å². The van der Waals surface area contributed by atoms with Crippen LogP contribution in [0, 0.1) is 5.92 Å². The van der Waals surface area contributed by atoms with E-state index in [0.717, 1.165) is 42.6 Å². The first kappa shape index (κ1) is 17.6. The van der Waals surface area contributed by atoms with Crippen molar-refractivity contribution in [2.75, 3.05) is 18.0 Å². The van der Waals surface area contributed by atoms with Gasteiger partial charge in [0.25, 0.3) is 11.6 Å². The summed E-state index contributed by atoms with van der Waals surface area (Å²) in [5.74, 6) is 0.432. The van der Waals surface area contributed by atoms with E-state index in [9.17, 15) is 4.79 Å². The fourth-order valence-corrected chi connectivity index (χ4v) is 3.82. The van der Waals surface area contributed by atoms with Gasteiger partial charge in [-0.1, -0.05) is 12.1 Å². The highest BCUT2D eigenvalue weighted by Gasteiger charge is 2.23. The number of benzene rings is 1. The Labute approximate surface area is 167 Å². The third kappa shape index (κ3) is 3.63. The standard InChI is InChI=1S/C22H21N5O2/c28-21-13-19(17-5-9-23-10-6-17)24-15-27(21)14-16-7-11-26(12-8-16)22-25-18-3-1-2-4-20(18)29-22/h1-6,9-10,13,15-16H,7-8,11-12,14H2. The summed E-state index contributed by atoms with van der Waals surface area (Å²) in [7, 11) is 0. The van der Waals surface area contributed by atoms with Crippen molar-refractivity contribution in [2.45, 2.75) is 19.4 Å². The second-order valence-electron chi connectivity index (χ2n) is 7.40. The van der Waals surface area contributed by atoms with Crippen molar-refractivity contribution in [3.8, 4) is 11.3 Å². The van der Waals surface area contributed by atoms with Gasteiger partial charge in [0.2, 0.25) is 0 Å². The molecular weight excluding hydrogens is 366 g/mol. The molecule has 1 aliphatic rings. The van der Waals surface area contributed by atoms with E-state index in [1.807, 2.05) is 36.4 Å². The quantitative estimate of drug-likeness (QED) is 0.534. The van der Waals surface area contributed by atoms with Crippen LogP contribution >= 0.6 is 0 Å². The number of hydrogen-bond acceptors (Lipinski definition) is 6. The van der Waals surface area contributed by atoms with Crippen LogP contribution < -0.4 is 10.5 Å². The normalized spacial score (nSPS) is 15.1. The Bertz CT molecular complexity index is 1140. The van der Waals surface area contributed by atoms with Gasteiger partial charge in [-0.05, 0) is 43.0 Å². The number of hydrogen-bond donors (Lipinski definition) is 0. The maximum atomic E-state index is 12.5. The minimum Gasteiger partial charge on any atom is -0.423 e. The summed E-state index contributed by atoms with van der Waals surface area (Å²) < 4.78 is 7.59. The molecule has 3 aromatic heterocycles. The molecule has 0 saturated carbocycles. The largest absolute Gasteiger partial charge is 0.423 e. The first-order valence-corrected chi connectivity index (χ1v) is 9.84. The fourth-order valence-electron chi connectivity index (χ4n) is 3.82. The Balaban J connectivity index is 1.24. The number of fused-ring (bicyclic) bond motifs is 1. The highest BCUT2D eigenvalue weighted by molar-refractivity contribution is 5.74. The molecule has 146 valence electrons. The van der Waals surface area contributed by atoms with Gasteiger partial charge in [-0.2, -0.15) is 4.98 Å². The van der Waals surface area contributed by atoms with Gasteiger partial charge in [-0.25, -0.2) is 4.98 Å². The van der Waals surface area contributed by atoms with E-state index >= 15 is 0 Å². The highest BCUT2D eigenvalue weighted by Crippen LogP contribution is 2.26. The SMILES string of the molecule is O=c1cc(-c2ccncc2)ncn1CC1CCN(c2nc3ccccc3o2)CC1. The second-order valence-corrected chi connectivity index (χ2v) is 7.40. The van der Waals surface area contributed by atoms with Gasteiger partial charge >= 0.3 is 0 Å². The van der Waals surface area contributed by atoms with Crippen molar-refractivity contribution in [3.05, 3.63) is 71.5 Å². The van der Waals surface area contributed by atoms with Crippen molar-refractivity contribution in [2.24, 2.45) is 5.92 Å². The molecule has 0 unspecified atom stereocenters. The molecule has 0 N–H and O–H groups in total. The summed E-state index contributed by atoms with van der Waals surface area (Å²) in [4.78, 5) is 27.8. The summed E-state index contributed by atoms with van der Waals surface area (Å²) in [6.07, 6.45) is 7.03. The molecule has 0 radical (unpaired) electrons. The number of nitrogens with zero attached hydrogens (tertiary/aromatic N) is 5. The lowest BCUT2D eigenvalue weighted by Gasteiger charge is -2.31. The number of aromatic nitrogens is 4. The van der Waals surface area contributed by atoms with Crippen LogP contribution in [-0.2, 0) is 6.54 Å². The van der Waals surface area contributed by atoms with E-state index < -0.39 is 0 Å². The zero-order valence-corrected chi connectivity index (χ0v) is 15.9. The van der Waals surface area contributed by atoms with Gasteiger partial charge in [0.05, 0.1) is 12.0 Å². The fraction of sp³-hybridized carbons (Fsp3) is 0.273. The van der Waals surface area contributed by atoms with Gasteiger partial charge in [0.1, 0.15) is 5.52 Å². The van der Waals surface area contributed by atoms with Crippen LogP contribution in [0.15, 0.2) is 70.4 Å². The number of oxazole rings is 1. The molecule has 0 spiro atoms. The summed E-state index contributed by atoms with van der Waals surface area (Å²) in [5, 5.41) is 0. The van der Waals surface area contributed by atoms with Crippen LogP contribution in [0.1, 0.15) is 12.8 Å². The molecule has 1 aromatic carbocycles. The number of rotatable bonds is 4. The van der Waals surface area contributed by atoms with Gasteiger partial charge < -0.3 is 9.32 Å². The molecule has 4 aromatic rings. The van der Waals surface area contributed by atoms with E-state index in [1.165, 1.54) is 0 Å². The number of anilines is 1. The molecule has 7 heteroatoms.